The summed E-state index contributed by atoms with van der Waals surface area (Å²) in [5.41, 5.74) is -0.204. The van der Waals surface area contributed by atoms with Gasteiger partial charge in [0.2, 0.25) is 0 Å². The number of benzene rings is 1. The smallest absolute Gasteiger partial charge is 0.337 e. The third-order valence-corrected chi connectivity index (χ3v) is 4.08. The Morgan fingerprint density at radius 2 is 2.11 bits per heavy atom. The van der Waals surface area contributed by atoms with E-state index < -0.39 is 15.8 Å². The Balaban J connectivity index is 2.55. The normalized spacial score (nSPS) is 15.9. The van der Waals surface area contributed by atoms with E-state index in [9.17, 15) is 13.2 Å². The average Bonchev–Trinajstić information content (AvgIpc) is 2.22. The molecule has 0 radical (unpaired) electrons. The lowest BCUT2D eigenvalue weighted by atomic mass is 10.2. The van der Waals surface area contributed by atoms with Crippen LogP contribution < -0.4 is 4.74 Å². The van der Waals surface area contributed by atoms with Gasteiger partial charge in [-0.15, -0.1) is 0 Å². The van der Waals surface area contributed by atoms with Crippen LogP contribution in [0.25, 0.3) is 0 Å². The summed E-state index contributed by atoms with van der Waals surface area (Å²) in [5, 5.41) is 8.75. The Bertz CT molecular complexity index is 620. The van der Waals surface area contributed by atoms with Gasteiger partial charge in [-0.2, -0.15) is 0 Å². The van der Waals surface area contributed by atoms with E-state index in [-0.39, 0.29) is 27.3 Å². The molecular formula is C11H11ClO6S. The van der Waals surface area contributed by atoms with Gasteiger partial charge in [-0.25, -0.2) is 13.2 Å². The summed E-state index contributed by atoms with van der Waals surface area (Å²) in [7, 11) is -3.57. The standard InChI is InChI=1S/C11H11ClO6S/c1-19(15,16)8-3-2-7(11(13)14)9(12)10(8)18-6-4-17-5-6/h2-3,6H,4-5H2,1H3,(H,13,14). The highest BCUT2D eigenvalue weighted by Gasteiger charge is 2.28. The van der Waals surface area contributed by atoms with Crippen LogP contribution in [0.15, 0.2) is 17.0 Å². The molecule has 104 valence electrons. The molecule has 1 saturated heterocycles. The van der Waals surface area contributed by atoms with Crippen LogP contribution in [0.4, 0.5) is 0 Å². The van der Waals surface area contributed by atoms with Crippen LogP contribution in [0.5, 0.6) is 5.75 Å². The van der Waals surface area contributed by atoms with E-state index >= 15 is 0 Å². The molecule has 1 heterocycles. The van der Waals surface area contributed by atoms with Gasteiger partial charge in [0.05, 0.1) is 23.8 Å². The van der Waals surface area contributed by atoms with Crippen LogP contribution in [0, 0.1) is 0 Å². The summed E-state index contributed by atoms with van der Waals surface area (Å²) in [5.74, 6) is -1.38. The number of carboxylic acids is 1. The van der Waals surface area contributed by atoms with E-state index in [1.165, 1.54) is 6.07 Å². The van der Waals surface area contributed by atoms with Crippen molar-refractivity contribution < 1.29 is 27.8 Å². The second-order valence-electron chi connectivity index (χ2n) is 4.11. The minimum atomic E-state index is -3.57. The molecule has 0 aliphatic carbocycles. The molecular weight excluding hydrogens is 296 g/mol. The molecule has 8 heteroatoms. The summed E-state index contributed by atoms with van der Waals surface area (Å²) < 4.78 is 33.7. The van der Waals surface area contributed by atoms with Crippen LogP contribution in [0.3, 0.4) is 0 Å². The fraction of sp³-hybridized carbons (Fsp3) is 0.364. The van der Waals surface area contributed by atoms with E-state index in [0.717, 1.165) is 12.3 Å². The predicted molar refractivity (Wildman–Crippen MR) is 66.8 cm³/mol. The number of carboxylic acid groups (broad SMARTS) is 1. The number of rotatable bonds is 4. The molecule has 1 N–H and O–H groups in total. The van der Waals surface area contributed by atoms with E-state index in [1.807, 2.05) is 0 Å². The highest BCUT2D eigenvalue weighted by Crippen LogP contribution is 2.36. The number of carbonyl (C=O) groups is 1. The summed E-state index contributed by atoms with van der Waals surface area (Å²) in [6.07, 6.45) is 0.686. The van der Waals surface area contributed by atoms with Crippen molar-refractivity contribution in [1.82, 2.24) is 0 Å². The van der Waals surface area contributed by atoms with Crippen molar-refractivity contribution in [1.29, 1.82) is 0 Å². The maximum atomic E-state index is 11.7. The molecule has 2 rings (SSSR count). The second-order valence-corrected chi connectivity index (χ2v) is 6.47. The van der Waals surface area contributed by atoms with Gasteiger partial charge in [-0.05, 0) is 12.1 Å². The molecule has 0 spiro atoms. The fourth-order valence-corrected chi connectivity index (χ4v) is 2.70. The molecule has 6 nitrogen and oxygen atoms in total. The van der Waals surface area contributed by atoms with Crippen LogP contribution >= 0.6 is 11.6 Å². The van der Waals surface area contributed by atoms with Crippen LogP contribution in [0.2, 0.25) is 5.02 Å². The Labute approximate surface area is 114 Å². The predicted octanol–water partition coefficient (Wildman–Crippen LogP) is 1.22. The Morgan fingerprint density at radius 3 is 2.53 bits per heavy atom. The van der Waals surface area contributed by atoms with Crippen LogP contribution in [-0.2, 0) is 14.6 Å². The van der Waals surface area contributed by atoms with Crippen LogP contribution in [0.1, 0.15) is 10.4 Å². The van der Waals surface area contributed by atoms with Gasteiger partial charge < -0.3 is 14.6 Å². The Kier molecular flexibility index (Phi) is 3.71. The van der Waals surface area contributed by atoms with Crippen molar-refractivity contribution in [2.45, 2.75) is 11.0 Å². The van der Waals surface area contributed by atoms with Crippen molar-refractivity contribution in [3.8, 4) is 5.75 Å². The molecule has 0 unspecified atom stereocenters. The average molecular weight is 307 g/mol. The highest BCUT2D eigenvalue weighted by atomic mass is 35.5. The zero-order valence-corrected chi connectivity index (χ0v) is 11.5. The van der Waals surface area contributed by atoms with Gasteiger partial charge in [0.25, 0.3) is 0 Å². The number of sulfone groups is 1. The van der Waals surface area contributed by atoms with Crippen molar-refractivity contribution in [2.75, 3.05) is 19.5 Å². The van der Waals surface area contributed by atoms with Crippen LogP contribution in [-0.4, -0.2) is 45.1 Å². The maximum Gasteiger partial charge on any atom is 0.337 e. The van der Waals surface area contributed by atoms with Gasteiger partial charge in [0.1, 0.15) is 11.0 Å². The number of ether oxygens (including phenoxy) is 2. The number of hydrogen-bond acceptors (Lipinski definition) is 5. The molecule has 1 aromatic rings. The molecule has 0 atom stereocenters. The first-order valence-electron chi connectivity index (χ1n) is 5.31. The first-order valence-corrected chi connectivity index (χ1v) is 7.58. The van der Waals surface area contributed by atoms with Gasteiger partial charge in [0, 0.05) is 6.26 Å². The Morgan fingerprint density at radius 1 is 1.47 bits per heavy atom. The quantitative estimate of drug-likeness (QED) is 0.899. The third-order valence-electron chi connectivity index (χ3n) is 2.58. The summed E-state index contributed by atoms with van der Waals surface area (Å²) in [4.78, 5) is 10.9. The van der Waals surface area contributed by atoms with E-state index in [4.69, 9.17) is 26.2 Å². The van der Waals surface area contributed by atoms with Gasteiger partial charge in [0.15, 0.2) is 15.6 Å². The number of hydrogen-bond donors (Lipinski definition) is 1. The first kappa shape index (κ1) is 14.1. The highest BCUT2D eigenvalue weighted by molar-refractivity contribution is 7.90. The molecule has 19 heavy (non-hydrogen) atoms. The van der Waals surface area contributed by atoms with E-state index in [2.05, 4.69) is 0 Å². The van der Waals surface area contributed by atoms with E-state index in [0.29, 0.717) is 13.2 Å². The van der Waals surface area contributed by atoms with Gasteiger partial charge in [-0.1, -0.05) is 11.6 Å². The third kappa shape index (κ3) is 2.83. The van der Waals surface area contributed by atoms with Crippen molar-refractivity contribution in [2.24, 2.45) is 0 Å². The molecule has 0 bridgehead atoms. The monoisotopic (exact) mass is 306 g/mol. The number of aromatic carboxylic acids is 1. The fourth-order valence-electron chi connectivity index (χ4n) is 1.55. The van der Waals surface area contributed by atoms with Gasteiger partial charge >= 0.3 is 5.97 Å². The summed E-state index contributed by atoms with van der Waals surface area (Å²) >= 11 is 5.93. The lowest BCUT2D eigenvalue weighted by molar-refractivity contribution is -0.0807. The zero-order chi connectivity index (χ0) is 14.2. The summed E-state index contributed by atoms with van der Waals surface area (Å²) in [6, 6.07) is 2.32. The van der Waals surface area contributed by atoms with Crippen molar-refractivity contribution in [3.63, 3.8) is 0 Å². The zero-order valence-electron chi connectivity index (χ0n) is 9.92. The molecule has 1 aliphatic rings. The molecule has 1 aliphatic heterocycles. The SMILES string of the molecule is CS(=O)(=O)c1ccc(C(=O)O)c(Cl)c1OC1COC1. The molecule has 1 fully saturated rings. The topological polar surface area (TPSA) is 89.9 Å². The summed E-state index contributed by atoms with van der Waals surface area (Å²) in [6.45, 7) is 0.633. The van der Waals surface area contributed by atoms with Gasteiger partial charge in [-0.3, -0.25) is 0 Å². The van der Waals surface area contributed by atoms with Crippen molar-refractivity contribution in [3.05, 3.63) is 22.7 Å². The lowest BCUT2D eigenvalue weighted by Gasteiger charge is -2.28. The minimum absolute atomic E-state index is 0.127. The largest absolute Gasteiger partial charge is 0.483 e. The minimum Gasteiger partial charge on any atom is -0.483 e. The molecule has 1 aromatic carbocycles. The second kappa shape index (κ2) is 4.99. The molecule has 0 saturated carbocycles. The molecule has 0 aromatic heterocycles. The van der Waals surface area contributed by atoms with E-state index in [1.54, 1.807) is 0 Å². The Hall–Kier alpha value is -1.31. The lowest BCUT2D eigenvalue weighted by Crippen LogP contribution is -2.39. The van der Waals surface area contributed by atoms with Crippen molar-refractivity contribution >= 4 is 27.4 Å². The maximum absolute atomic E-state index is 11.7. The number of halogens is 1. The first-order chi connectivity index (χ1) is 8.80. The molecule has 0 amide bonds.